The van der Waals surface area contributed by atoms with Crippen molar-refractivity contribution < 1.29 is 14.3 Å². The number of hydrogen-bond acceptors (Lipinski definition) is 5. The number of nitrogens with one attached hydrogen (secondary N) is 1. The van der Waals surface area contributed by atoms with Crippen molar-refractivity contribution >= 4 is 17.8 Å². The smallest absolute Gasteiger partial charge is 0.316 e. The first kappa shape index (κ1) is 16.4. The van der Waals surface area contributed by atoms with E-state index >= 15 is 0 Å². The number of rotatable bonds is 4. The lowest BCUT2D eigenvalue weighted by molar-refractivity contribution is -0.143. The van der Waals surface area contributed by atoms with Crippen LogP contribution in [0.2, 0.25) is 0 Å². The predicted molar refractivity (Wildman–Crippen MR) is 84.8 cm³/mol. The molecule has 23 heavy (non-hydrogen) atoms. The summed E-state index contributed by atoms with van der Waals surface area (Å²) in [6, 6.07) is 9.24. The van der Waals surface area contributed by atoms with Gasteiger partial charge in [0.25, 0.3) is 0 Å². The lowest BCUT2D eigenvalue weighted by atomic mass is 10.1. The van der Waals surface area contributed by atoms with Crippen molar-refractivity contribution in [3.05, 3.63) is 48.3 Å². The number of hydrogen-bond donors (Lipinski definition) is 1. The lowest BCUT2D eigenvalue weighted by Crippen LogP contribution is -2.38. The quantitative estimate of drug-likeness (QED) is 0.867. The van der Waals surface area contributed by atoms with Gasteiger partial charge < -0.3 is 9.64 Å². The molecule has 0 bridgehead atoms. The van der Waals surface area contributed by atoms with Crippen LogP contribution in [0.15, 0.2) is 42.7 Å². The normalized spacial score (nSPS) is 11.4. The van der Waals surface area contributed by atoms with Crippen molar-refractivity contribution in [2.45, 2.75) is 13.0 Å². The van der Waals surface area contributed by atoms with E-state index in [0.29, 0.717) is 5.75 Å². The third kappa shape index (κ3) is 4.03. The van der Waals surface area contributed by atoms with Crippen LogP contribution in [0.3, 0.4) is 0 Å². The van der Waals surface area contributed by atoms with Crippen LogP contribution in [-0.4, -0.2) is 40.8 Å². The molecule has 0 aliphatic carbocycles. The molecule has 0 saturated heterocycles. The molecule has 1 aromatic carbocycles. The molecule has 0 aliphatic rings. The Labute approximate surface area is 134 Å². The van der Waals surface area contributed by atoms with Crippen LogP contribution in [0.25, 0.3) is 0 Å². The van der Waals surface area contributed by atoms with Crippen LogP contribution < -0.4 is 10.1 Å². The molecule has 1 aromatic heterocycles. The molecule has 0 fully saturated rings. The van der Waals surface area contributed by atoms with Crippen LogP contribution in [-0.2, 0) is 9.59 Å². The summed E-state index contributed by atoms with van der Waals surface area (Å²) in [6.07, 6.45) is 2.81. The Balaban J connectivity index is 2.02. The van der Waals surface area contributed by atoms with Gasteiger partial charge in [0.1, 0.15) is 0 Å². The minimum absolute atomic E-state index is 0.0462. The van der Waals surface area contributed by atoms with E-state index in [1.807, 2.05) is 37.3 Å². The number of methoxy groups -OCH3 is 1. The first-order valence-corrected chi connectivity index (χ1v) is 7.02. The number of carbonyl (C=O) groups excluding carboxylic acids is 2. The Morgan fingerprint density at radius 1 is 1.17 bits per heavy atom. The fraction of sp³-hybridized carbons (Fsp3) is 0.250. The molecule has 1 heterocycles. The van der Waals surface area contributed by atoms with Gasteiger partial charge in [0.05, 0.1) is 25.5 Å². The number of aromatic nitrogens is 2. The van der Waals surface area contributed by atoms with Gasteiger partial charge in [-0.15, -0.1) is 0 Å². The zero-order valence-corrected chi connectivity index (χ0v) is 13.2. The monoisotopic (exact) mass is 314 g/mol. The number of benzene rings is 1. The fourth-order valence-electron chi connectivity index (χ4n) is 1.93. The zero-order chi connectivity index (χ0) is 16.8. The van der Waals surface area contributed by atoms with Crippen LogP contribution in [0, 0.1) is 0 Å². The molecule has 2 aromatic rings. The molecule has 0 spiro atoms. The first-order chi connectivity index (χ1) is 11.0. The summed E-state index contributed by atoms with van der Waals surface area (Å²) in [5, 5.41) is 2.37. The Morgan fingerprint density at radius 3 is 2.35 bits per heavy atom. The Kier molecular flexibility index (Phi) is 5.24. The second-order valence-electron chi connectivity index (χ2n) is 4.90. The number of carbonyl (C=O) groups is 2. The van der Waals surface area contributed by atoms with E-state index in [1.54, 1.807) is 7.05 Å². The van der Waals surface area contributed by atoms with Crippen molar-refractivity contribution in [1.29, 1.82) is 0 Å². The molecule has 2 rings (SSSR count). The highest BCUT2D eigenvalue weighted by Gasteiger charge is 2.24. The number of anilines is 1. The van der Waals surface area contributed by atoms with E-state index in [1.165, 1.54) is 24.4 Å². The highest BCUT2D eigenvalue weighted by atomic mass is 16.5. The largest absolute Gasteiger partial charge is 0.494 e. The van der Waals surface area contributed by atoms with E-state index in [4.69, 9.17) is 4.74 Å². The third-order valence-electron chi connectivity index (χ3n) is 3.47. The lowest BCUT2D eigenvalue weighted by Gasteiger charge is -2.24. The molecule has 1 N–H and O–H groups in total. The summed E-state index contributed by atoms with van der Waals surface area (Å²) in [6.45, 7) is 1.85. The number of amides is 2. The minimum Gasteiger partial charge on any atom is -0.494 e. The average Bonchev–Trinajstić information content (AvgIpc) is 2.61. The molecule has 7 heteroatoms. The maximum Gasteiger partial charge on any atom is 0.316 e. The molecule has 2 amide bonds. The van der Waals surface area contributed by atoms with Gasteiger partial charge in [-0.1, -0.05) is 30.3 Å². The summed E-state index contributed by atoms with van der Waals surface area (Å²) < 4.78 is 4.93. The van der Waals surface area contributed by atoms with Crippen molar-refractivity contribution in [1.82, 2.24) is 14.9 Å². The van der Waals surface area contributed by atoms with Gasteiger partial charge in [-0.25, -0.2) is 9.97 Å². The summed E-state index contributed by atoms with van der Waals surface area (Å²) in [4.78, 5) is 33.4. The van der Waals surface area contributed by atoms with Crippen LogP contribution in [0.5, 0.6) is 5.75 Å². The number of nitrogens with zero attached hydrogens (tertiary/aromatic N) is 3. The number of ether oxygens (including phenoxy) is 1. The van der Waals surface area contributed by atoms with Gasteiger partial charge in [-0.2, -0.15) is 0 Å². The molecule has 0 aliphatic heterocycles. The van der Waals surface area contributed by atoms with Crippen LogP contribution >= 0.6 is 0 Å². The van der Waals surface area contributed by atoms with E-state index in [2.05, 4.69) is 15.3 Å². The summed E-state index contributed by atoms with van der Waals surface area (Å²) >= 11 is 0. The Bertz CT molecular complexity index is 673. The molecule has 7 nitrogen and oxygen atoms in total. The molecule has 0 radical (unpaired) electrons. The van der Waals surface area contributed by atoms with Gasteiger partial charge in [-0.05, 0) is 12.5 Å². The van der Waals surface area contributed by atoms with Gasteiger partial charge in [0.2, 0.25) is 5.95 Å². The fourth-order valence-corrected chi connectivity index (χ4v) is 1.93. The Hall–Kier alpha value is -2.96. The highest BCUT2D eigenvalue weighted by Crippen LogP contribution is 2.18. The zero-order valence-electron chi connectivity index (χ0n) is 13.2. The first-order valence-electron chi connectivity index (χ1n) is 7.02. The maximum absolute atomic E-state index is 12.2. The summed E-state index contributed by atoms with van der Waals surface area (Å²) in [5.41, 5.74) is 0.942. The van der Waals surface area contributed by atoms with Gasteiger partial charge in [0.15, 0.2) is 5.75 Å². The summed E-state index contributed by atoms with van der Waals surface area (Å²) in [5.74, 6) is -0.949. The summed E-state index contributed by atoms with van der Waals surface area (Å²) in [7, 11) is 3.06. The number of likely N-dealkylation sites (N-methyl/N-ethyl adjacent to an activating group) is 1. The molecule has 0 saturated carbocycles. The van der Waals surface area contributed by atoms with Crippen molar-refractivity contribution in [2.24, 2.45) is 0 Å². The second-order valence-corrected chi connectivity index (χ2v) is 4.90. The van der Waals surface area contributed by atoms with Crippen LogP contribution in [0.1, 0.15) is 18.5 Å². The van der Waals surface area contributed by atoms with Gasteiger partial charge in [-0.3, -0.25) is 14.9 Å². The van der Waals surface area contributed by atoms with Gasteiger partial charge in [0, 0.05) is 7.05 Å². The SMILES string of the molecule is COc1cnc(NC(=O)C(=O)N(C)[C@@H](C)c2ccccc2)nc1. The van der Waals surface area contributed by atoms with Crippen molar-refractivity contribution in [3.8, 4) is 5.75 Å². The molecule has 0 unspecified atom stereocenters. The van der Waals surface area contributed by atoms with E-state index in [9.17, 15) is 9.59 Å². The van der Waals surface area contributed by atoms with Gasteiger partial charge >= 0.3 is 11.8 Å². The van der Waals surface area contributed by atoms with E-state index in [-0.39, 0.29) is 12.0 Å². The predicted octanol–water partition coefficient (Wildman–Crippen LogP) is 1.64. The molecule has 1 atom stereocenters. The minimum atomic E-state index is -0.791. The van der Waals surface area contributed by atoms with E-state index in [0.717, 1.165) is 5.56 Å². The maximum atomic E-state index is 12.2. The average molecular weight is 314 g/mol. The van der Waals surface area contributed by atoms with Crippen molar-refractivity contribution in [3.63, 3.8) is 0 Å². The topological polar surface area (TPSA) is 84.4 Å². The Morgan fingerprint density at radius 2 is 1.78 bits per heavy atom. The molecular formula is C16H18N4O3. The van der Waals surface area contributed by atoms with Crippen LogP contribution in [0.4, 0.5) is 5.95 Å². The highest BCUT2D eigenvalue weighted by molar-refractivity contribution is 6.39. The molecule has 120 valence electrons. The second kappa shape index (κ2) is 7.35. The standard InChI is InChI=1S/C16H18N4O3/c1-11(12-7-5-4-6-8-12)20(2)15(22)14(21)19-16-17-9-13(23-3)10-18-16/h4-11H,1-3H3,(H,17,18,19,21)/t11-/m0/s1. The van der Waals surface area contributed by atoms with E-state index < -0.39 is 11.8 Å². The molecular weight excluding hydrogens is 296 g/mol. The van der Waals surface area contributed by atoms with Crippen molar-refractivity contribution in [2.75, 3.05) is 19.5 Å². The third-order valence-corrected chi connectivity index (χ3v) is 3.47.